The van der Waals surface area contributed by atoms with Crippen molar-refractivity contribution in [3.63, 3.8) is 0 Å². The van der Waals surface area contributed by atoms with Crippen molar-refractivity contribution < 1.29 is 53.4 Å². The minimum Gasteiger partial charge on any atom is -0.461 e. The number of aliphatic hydroxyl groups is 3. The first-order chi connectivity index (χ1) is 32.6. The SMILES string of the molecule is CC[C@H]1OC(=O)[C@H](C)[C@@H](OC(=O)Cc2ccccn2)[C@H](C)[C@@H](O[C@@H]2O[C@H](C)C[C@H](N(C)C)[C@H]2O)[C@](C)(OC(=O)CCNCC/C=C/c2cnc3ccccc3c2)C[C@@H](C)CN(C)[C@H](C)[C@@H](O)[C@]1(C)O. The van der Waals surface area contributed by atoms with E-state index in [1.807, 2.05) is 81.3 Å². The van der Waals surface area contributed by atoms with Crippen LogP contribution in [0, 0.1) is 17.8 Å². The maximum Gasteiger partial charge on any atom is 0.312 e. The number of nitrogens with one attached hydrogen (secondary N) is 1. The van der Waals surface area contributed by atoms with E-state index in [0.717, 1.165) is 16.5 Å². The Morgan fingerprint density at radius 1 is 1.01 bits per heavy atom. The molecule has 2 aromatic heterocycles. The molecule has 16 heteroatoms. The number of fused-ring (bicyclic) bond motifs is 1. The fourth-order valence-corrected chi connectivity index (χ4v) is 10.1. The lowest BCUT2D eigenvalue weighted by Crippen LogP contribution is -2.60. The first kappa shape index (κ1) is 55.5. The normalized spacial score (nSPS) is 33.4. The lowest BCUT2D eigenvalue weighted by Gasteiger charge is -2.48. The van der Waals surface area contributed by atoms with Gasteiger partial charge >= 0.3 is 17.9 Å². The standard InChI is InChI=1S/C53H79N5O11/c1-12-43-53(8,64)48(62)37(6)58(11)32-33(2)30-52(7,69-44(59)23-26-54-24-17-15-19-38-28-39-20-13-14-22-41(39)56-31-38)49(68-51-46(61)42(57(9)10)27-34(3)65-51)35(4)47(36(5)50(63)66-43)67-45(60)29-40-21-16-18-25-55-40/h13-16,18-22,25,28,31,33-37,42-43,46-49,51,54,61-62,64H,12,17,23-24,26-27,29-30,32H2,1-11H3/b19-15+/t33-,34-,35+,36-,37-,42+,43-,46-,47+,48-,49-,51+,52-,53-/m1/s1. The monoisotopic (exact) mass is 962 g/mol. The minimum absolute atomic E-state index is 0.00745. The van der Waals surface area contributed by atoms with E-state index in [1.165, 1.54) is 6.92 Å². The molecule has 0 unspecified atom stereocenters. The van der Waals surface area contributed by atoms with Crippen LogP contribution >= 0.6 is 0 Å². The van der Waals surface area contributed by atoms with Crippen LogP contribution in [-0.4, -0.2) is 160 Å². The zero-order valence-electron chi connectivity index (χ0n) is 42.6. The van der Waals surface area contributed by atoms with E-state index in [0.29, 0.717) is 38.2 Å². The van der Waals surface area contributed by atoms with Gasteiger partial charge in [-0.15, -0.1) is 0 Å². The number of hydrogen-bond acceptors (Lipinski definition) is 16. The first-order valence-electron chi connectivity index (χ1n) is 24.6. The summed E-state index contributed by atoms with van der Waals surface area (Å²) < 4.78 is 32.3. The highest BCUT2D eigenvalue weighted by atomic mass is 16.7. The quantitative estimate of drug-likeness (QED) is 0.0863. The molecule has 16 nitrogen and oxygen atoms in total. The molecule has 5 rings (SSSR count). The third-order valence-electron chi connectivity index (χ3n) is 14.0. The van der Waals surface area contributed by atoms with Crippen molar-refractivity contribution >= 4 is 34.9 Å². The molecule has 2 aliphatic rings. The van der Waals surface area contributed by atoms with Crippen molar-refractivity contribution in [1.82, 2.24) is 25.1 Å². The third-order valence-corrected chi connectivity index (χ3v) is 14.0. The molecule has 2 fully saturated rings. The molecule has 0 radical (unpaired) electrons. The van der Waals surface area contributed by atoms with E-state index >= 15 is 0 Å². The van der Waals surface area contributed by atoms with Crippen LogP contribution in [0.3, 0.4) is 0 Å². The molecule has 1 aromatic carbocycles. The molecule has 4 heterocycles. The van der Waals surface area contributed by atoms with E-state index in [9.17, 15) is 29.7 Å². The number of carbonyl (C=O) groups excluding carboxylic acids is 3. The predicted molar refractivity (Wildman–Crippen MR) is 264 cm³/mol. The van der Waals surface area contributed by atoms with Gasteiger partial charge in [-0.25, -0.2) is 0 Å². The van der Waals surface area contributed by atoms with Crippen LogP contribution < -0.4 is 5.32 Å². The Labute approximate surface area is 409 Å². The summed E-state index contributed by atoms with van der Waals surface area (Å²) >= 11 is 0. The van der Waals surface area contributed by atoms with Crippen LogP contribution in [-0.2, 0) is 44.5 Å². The molecule has 382 valence electrons. The summed E-state index contributed by atoms with van der Waals surface area (Å²) in [5, 5.41) is 39.9. The van der Waals surface area contributed by atoms with Crippen molar-refractivity contribution in [2.75, 3.05) is 40.8 Å². The highest BCUT2D eigenvalue weighted by Gasteiger charge is 2.53. The molecule has 2 saturated heterocycles. The summed E-state index contributed by atoms with van der Waals surface area (Å²) in [6, 6.07) is 14.3. The van der Waals surface area contributed by atoms with Gasteiger partial charge in [0, 0.05) is 48.9 Å². The van der Waals surface area contributed by atoms with Crippen LogP contribution in [0.15, 0.2) is 67.0 Å². The largest absolute Gasteiger partial charge is 0.461 e. The number of carbonyl (C=O) groups is 3. The number of cyclic esters (lactones) is 1. The number of nitrogens with zero attached hydrogens (tertiary/aromatic N) is 4. The van der Waals surface area contributed by atoms with Crippen molar-refractivity contribution in [1.29, 1.82) is 0 Å². The van der Waals surface area contributed by atoms with Gasteiger partial charge in [0.15, 0.2) is 6.29 Å². The van der Waals surface area contributed by atoms with Gasteiger partial charge in [-0.05, 0) is 124 Å². The number of aliphatic hydroxyl groups excluding tert-OH is 2. The van der Waals surface area contributed by atoms with Crippen LogP contribution in [0.5, 0.6) is 0 Å². The summed E-state index contributed by atoms with van der Waals surface area (Å²) in [4.78, 5) is 55.3. The van der Waals surface area contributed by atoms with E-state index in [-0.39, 0.29) is 43.7 Å². The molecule has 0 aliphatic carbocycles. The lowest BCUT2D eigenvalue weighted by atomic mass is 9.77. The van der Waals surface area contributed by atoms with Gasteiger partial charge in [0.2, 0.25) is 0 Å². The second-order valence-corrected chi connectivity index (χ2v) is 20.2. The Hall–Kier alpha value is -4.39. The molecule has 14 atom stereocenters. The fourth-order valence-electron chi connectivity index (χ4n) is 10.1. The average Bonchev–Trinajstić information content (AvgIpc) is 3.30. The molecular formula is C53H79N5O11. The number of aromatic nitrogens is 2. The molecule has 2 aliphatic heterocycles. The maximum atomic E-state index is 14.5. The van der Waals surface area contributed by atoms with E-state index in [2.05, 4.69) is 27.4 Å². The first-order valence-corrected chi connectivity index (χ1v) is 24.6. The number of rotatable bonds is 15. The topological polar surface area (TPSA) is 202 Å². The maximum absolute atomic E-state index is 14.5. The second-order valence-electron chi connectivity index (χ2n) is 20.2. The molecule has 4 N–H and O–H groups in total. The summed E-state index contributed by atoms with van der Waals surface area (Å²) in [5.74, 6) is -4.33. The Balaban J connectivity index is 1.49. The van der Waals surface area contributed by atoms with Crippen LogP contribution in [0.4, 0.5) is 0 Å². The van der Waals surface area contributed by atoms with Gasteiger partial charge in [0.25, 0.3) is 0 Å². The zero-order chi connectivity index (χ0) is 50.6. The number of likely N-dealkylation sites (N-methyl/N-ethyl adjacent to an activating group) is 2. The number of ether oxygens (including phenoxy) is 5. The Kier molecular flexibility index (Phi) is 20.2. The lowest BCUT2D eigenvalue weighted by molar-refractivity contribution is -0.301. The van der Waals surface area contributed by atoms with Gasteiger partial charge < -0.3 is 54.1 Å². The smallest absolute Gasteiger partial charge is 0.312 e. The summed E-state index contributed by atoms with van der Waals surface area (Å²) in [6.07, 6.45) is 1.28. The van der Waals surface area contributed by atoms with Crippen LogP contribution in [0.2, 0.25) is 0 Å². The van der Waals surface area contributed by atoms with Crippen molar-refractivity contribution in [2.24, 2.45) is 17.8 Å². The average molecular weight is 962 g/mol. The number of pyridine rings is 2. The highest BCUT2D eigenvalue weighted by Crippen LogP contribution is 2.40. The van der Waals surface area contributed by atoms with Crippen molar-refractivity contribution in [3.8, 4) is 0 Å². The van der Waals surface area contributed by atoms with E-state index in [4.69, 9.17) is 23.7 Å². The van der Waals surface area contributed by atoms with Gasteiger partial charge in [0.05, 0.1) is 36.1 Å². The molecule has 0 amide bonds. The number of benzene rings is 1. The highest BCUT2D eigenvalue weighted by molar-refractivity contribution is 5.80. The molecule has 3 aromatic rings. The van der Waals surface area contributed by atoms with Gasteiger partial charge in [0.1, 0.15) is 41.7 Å². The van der Waals surface area contributed by atoms with E-state index in [1.54, 1.807) is 59.0 Å². The molecular weight excluding hydrogens is 883 g/mol. The zero-order valence-corrected chi connectivity index (χ0v) is 42.6. The molecule has 0 bridgehead atoms. The number of hydrogen-bond donors (Lipinski definition) is 4. The fraction of sp³-hybridized carbons (Fsp3) is 0.642. The third kappa shape index (κ3) is 14.8. The van der Waals surface area contributed by atoms with Gasteiger partial charge in [-0.3, -0.25) is 24.4 Å². The molecule has 0 saturated carbocycles. The van der Waals surface area contributed by atoms with Crippen molar-refractivity contribution in [3.05, 3.63) is 78.3 Å². The summed E-state index contributed by atoms with van der Waals surface area (Å²) in [6.45, 7) is 15.3. The van der Waals surface area contributed by atoms with E-state index < -0.39 is 83.8 Å². The van der Waals surface area contributed by atoms with Gasteiger partial charge in [-0.2, -0.15) is 0 Å². The van der Waals surface area contributed by atoms with Crippen LogP contribution in [0.1, 0.15) is 98.8 Å². The summed E-state index contributed by atoms with van der Waals surface area (Å²) in [5.41, 5.74) is -0.996. The predicted octanol–water partition coefficient (Wildman–Crippen LogP) is 5.35. The molecule has 69 heavy (non-hydrogen) atoms. The van der Waals surface area contributed by atoms with Crippen LogP contribution in [0.25, 0.3) is 17.0 Å². The minimum atomic E-state index is -1.87. The Morgan fingerprint density at radius 2 is 1.74 bits per heavy atom. The van der Waals surface area contributed by atoms with Crippen molar-refractivity contribution in [2.45, 2.75) is 160 Å². The Bertz CT molecular complexity index is 2140. The summed E-state index contributed by atoms with van der Waals surface area (Å²) in [7, 11) is 5.57. The molecule has 0 spiro atoms. The number of para-hydroxylation sites is 1. The Morgan fingerprint density at radius 3 is 2.43 bits per heavy atom. The second kappa shape index (κ2) is 25.1. The van der Waals surface area contributed by atoms with Gasteiger partial charge in [-0.1, -0.05) is 57.2 Å². The number of esters is 3.